The van der Waals surface area contributed by atoms with E-state index >= 15 is 0 Å². The van der Waals surface area contributed by atoms with E-state index in [1.807, 2.05) is 0 Å². The topological polar surface area (TPSA) is 185 Å². The van der Waals surface area contributed by atoms with Gasteiger partial charge in [0.1, 0.15) is 40.8 Å². The minimum atomic E-state index is -1.83. The van der Waals surface area contributed by atoms with Crippen molar-refractivity contribution in [2.75, 3.05) is 14.2 Å². The van der Waals surface area contributed by atoms with Crippen LogP contribution in [0.3, 0.4) is 0 Å². The van der Waals surface area contributed by atoms with Gasteiger partial charge >= 0.3 is 5.97 Å². The smallest absolute Gasteiger partial charge is 0.335 e. The molecule has 12 heteroatoms. The minimum Gasteiger partial charge on any atom is -0.504 e. The van der Waals surface area contributed by atoms with Gasteiger partial charge in [-0.25, -0.2) is 4.79 Å². The van der Waals surface area contributed by atoms with E-state index in [1.54, 1.807) is 0 Å². The predicted octanol–water partition coefficient (Wildman–Crippen LogP) is 0.454. The molecule has 1 aromatic heterocycles. The molecule has 1 aliphatic heterocycles. The van der Waals surface area contributed by atoms with Crippen LogP contribution >= 0.6 is 0 Å². The Labute approximate surface area is 197 Å². The minimum absolute atomic E-state index is 0.00329. The number of rotatable bonds is 6. The molecule has 12 nitrogen and oxygen atoms in total. The maximum absolute atomic E-state index is 12.7. The van der Waals surface area contributed by atoms with Crippen molar-refractivity contribution in [2.24, 2.45) is 0 Å². The molecular formula is C23H22O12. The van der Waals surface area contributed by atoms with Crippen molar-refractivity contribution in [1.82, 2.24) is 0 Å². The monoisotopic (exact) mass is 490 g/mol. The van der Waals surface area contributed by atoms with Crippen LogP contribution in [-0.2, 0) is 9.53 Å². The number of hydrogen-bond acceptors (Lipinski definition) is 11. The first-order valence-electron chi connectivity index (χ1n) is 10.3. The van der Waals surface area contributed by atoms with Crippen molar-refractivity contribution in [2.45, 2.75) is 30.7 Å². The number of aromatic hydroxyl groups is 1. The summed E-state index contributed by atoms with van der Waals surface area (Å²) in [6.07, 6.45) is -8.70. The standard InChI is InChI=1S/C23H22O12/c1-31-14-8-13-15(16(25)20(14)32-2)11(24)7-12(34-13)9-3-5-10(6-4-9)33-23-19(28)17(26)18(27)21(35-23)22(29)30/h3-8,17-19,21,23,25-28H,1-2H3,(H,29,30)/t17-,18+,19-,21+,23-/m1/s1. The molecule has 1 saturated heterocycles. The fourth-order valence-electron chi connectivity index (χ4n) is 3.73. The van der Waals surface area contributed by atoms with Crippen LogP contribution in [0.25, 0.3) is 22.3 Å². The molecule has 0 bridgehead atoms. The first-order valence-corrected chi connectivity index (χ1v) is 10.3. The van der Waals surface area contributed by atoms with Gasteiger partial charge in [0.25, 0.3) is 0 Å². The van der Waals surface area contributed by atoms with E-state index in [0.717, 1.165) is 0 Å². The van der Waals surface area contributed by atoms with Crippen molar-refractivity contribution in [1.29, 1.82) is 0 Å². The van der Waals surface area contributed by atoms with Crippen LogP contribution in [0.2, 0.25) is 0 Å². The number of methoxy groups -OCH3 is 2. The molecular weight excluding hydrogens is 468 g/mol. The zero-order valence-corrected chi connectivity index (χ0v) is 18.4. The van der Waals surface area contributed by atoms with Crippen LogP contribution in [0.5, 0.6) is 23.0 Å². The highest BCUT2D eigenvalue weighted by atomic mass is 16.7. The second kappa shape index (κ2) is 9.43. The molecule has 35 heavy (non-hydrogen) atoms. The Morgan fingerprint density at radius 2 is 1.66 bits per heavy atom. The Morgan fingerprint density at radius 1 is 0.971 bits per heavy atom. The third-order valence-electron chi connectivity index (χ3n) is 5.54. The quantitative estimate of drug-likeness (QED) is 0.322. The molecule has 4 rings (SSSR count). The average molecular weight is 490 g/mol. The fourth-order valence-corrected chi connectivity index (χ4v) is 3.73. The second-order valence-electron chi connectivity index (χ2n) is 7.69. The van der Waals surface area contributed by atoms with Gasteiger partial charge in [-0.2, -0.15) is 0 Å². The highest BCUT2D eigenvalue weighted by molar-refractivity contribution is 5.89. The summed E-state index contributed by atoms with van der Waals surface area (Å²) in [6, 6.07) is 8.53. The van der Waals surface area contributed by atoms with E-state index in [9.17, 15) is 30.0 Å². The number of aliphatic carboxylic acids is 1. The van der Waals surface area contributed by atoms with Crippen molar-refractivity contribution >= 4 is 16.9 Å². The van der Waals surface area contributed by atoms with Crippen LogP contribution < -0.4 is 19.6 Å². The molecule has 3 aromatic rings. The van der Waals surface area contributed by atoms with Crippen LogP contribution in [0.4, 0.5) is 0 Å². The highest BCUT2D eigenvalue weighted by Crippen LogP contribution is 2.42. The Kier molecular flexibility index (Phi) is 6.54. The van der Waals surface area contributed by atoms with Gasteiger partial charge in [-0.15, -0.1) is 0 Å². The second-order valence-corrected chi connectivity index (χ2v) is 7.69. The van der Waals surface area contributed by atoms with E-state index in [2.05, 4.69) is 0 Å². The fraction of sp³-hybridized carbons (Fsp3) is 0.304. The number of ether oxygens (including phenoxy) is 4. The number of benzene rings is 2. The zero-order valence-electron chi connectivity index (χ0n) is 18.4. The molecule has 5 atom stereocenters. The lowest BCUT2D eigenvalue weighted by Crippen LogP contribution is -2.61. The molecule has 0 radical (unpaired) electrons. The molecule has 0 saturated carbocycles. The number of carboxylic acids is 1. The number of aliphatic hydroxyl groups excluding tert-OH is 3. The van der Waals surface area contributed by atoms with Crippen molar-refractivity contribution in [3.63, 3.8) is 0 Å². The molecule has 0 amide bonds. The molecule has 1 aliphatic rings. The lowest BCUT2D eigenvalue weighted by atomic mass is 9.99. The van der Waals surface area contributed by atoms with Gasteiger partial charge in [0.15, 0.2) is 23.0 Å². The molecule has 2 aromatic carbocycles. The van der Waals surface area contributed by atoms with E-state index < -0.39 is 47.9 Å². The van der Waals surface area contributed by atoms with Gasteiger partial charge in [0, 0.05) is 17.7 Å². The number of phenols is 1. The third-order valence-corrected chi connectivity index (χ3v) is 5.54. The Bertz CT molecular complexity index is 1300. The molecule has 0 spiro atoms. The number of carbonyl (C=O) groups is 1. The Morgan fingerprint density at radius 3 is 2.26 bits per heavy atom. The average Bonchev–Trinajstić information content (AvgIpc) is 2.83. The maximum Gasteiger partial charge on any atom is 0.335 e. The van der Waals surface area contributed by atoms with E-state index in [0.29, 0.717) is 5.56 Å². The SMILES string of the molecule is COc1cc2oc(-c3ccc(O[C@@H]4O[C@H](C(=O)O)[C@@H](O)[C@@H](O)[C@H]4O)cc3)cc(=O)c2c(O)c1OC. The van der Waals surface area contributed by atoms with Crippen molar-refractivity contribution in [3.8, 4) is 34.3 Å². The van der Waals surface area contributed by atoms with Gasteiger partial charge in [-0.05, 0) is 24.3 Å². The zero-order chi connectivity index (χ0) is 25.4. The van der Waals surface area contributed by atoms with Gasteiger partial charge in [-0.1, -0.05) is 0 Å². The highest BCUT2D eigenvalue weighted by Gasteiger charge is 2.48. The molecule has 0 unspecified atom stereocenters. The van der Waals surface area contributed by atoms with Gasteiger partial charge in [0.05, 0.1) is 14.2 Å². The first kappa shape index (κ1) is 24.3. The van der Waals surface area contributed by atoms with Crippen molar-refractivity contribution in [3.05, 3.63) is 46.6 Å². The summed E-state index contributed by atoms with van der Waals surface area (Å²) < 4.78 is 26.6. The largest absolute Gasteiger partial charge is 0.504 e. The van der Waals surface area contributed by atoms with Crippen LogP contribution in [0, 0.1) is 0 Å². The van der Waals surface area contributed by atoms with Gasteiger partial charge in [-0.3, -0.25) is 4.79 Å². The molecule has 2 heterocycles. The summed E-state index contributed by atoms with van der Waals surface area (Å²) in [6.45, 7) is 0. The Hall–Kier alpha value is -3.84. The summed E-state index contributed by atoms with van der Waals surface area (Å²) in [5, 5.41) is 49.2. The Balaban J connectivity index is 1.62. The summed E-state index contributed by atoms with van der Waals surface area (Å²) in [5.41, 5.74) is -0.00502. The summed E-state index contributed by atoms with van der Waals surface area (Å²) in [4.78, 5) is 23.9. The lowest BCUT2D eigenvalue weighted by molar-refractivity contribution is -0.271. The number of phenolic OH excluding ortho intramolecular Hbond substituents is 1. The van der Waals surface area contributed by atoms with E-state index in [4.69, 9.17) is 28.5 Å². The molecule has 186 valence electrons. The van der Waals surface area contributed by atoms with Crippen molar-refractivity contribution < 1.29 is 53.7 Å². The van der Waals surface area contributed by atoms with Crippen LogP contribution in [-0.4, -0.2) is 76.4 Å². The predicted molar refractivity (Wildman–Crippen MR) is 118 cm³/mol. The third kappa shape index (κ3) is 4.35. The first-order chi connectivity index (χ1) is 16.7. The van der Waals surface area contributed by atoms with Gasteiger partial charge < -0.3 is 48.9 Å². The van der Waals surface area contributed by atoms with E-state index in [-0.39, 0.29) is 34.0 Å². The lowest BCUT2D eigenvalue weighted by Gasteiger charge is -2.38. The normalized spacial score (nSPS) is 24.2. The maximum atomic E-state index is 12.7. The molecule has 5 N–H and O–H groups in total. The summed E-state index contributed by atoms with van der Waals surface area (Å²) >= 11 is 0. The summed E-state index contributed by atoms with van der Waals surface area (Å²) in [5.74, 6) is -1.48. The number of fused-ring (bicyclic) bond motifs is 1. The molecule has 0 aliphatic carbocycles. The number of aliphatic hydroxyl groups is 3. The number of hydrogen-bond donors (Lipinski definition) is 5. The van der Waals surface area contributed by atoms with E-state index in [1.165, 1.54) is 50.6 Å². The number of carboxylic acid groups (broad SMARTS) is 1. The van der Waals surface area contributed by atoms with Crippen LogP contribution in [0.1, 0.15) is 0 Å². The van der Waals surface area contributed by atoms with Gasteiger partial charge in [0.2, 0.25) is 12.0 Å². The van der Waals surface area contributed by atoms with Crippen LogP contribution in [0.15, 0.2) is 45.6 Å². The summed E-state index contributed by atoms with van der Waals surface area (Å²) in [7, 11) is 2.69. The molecule has 1 fully saturated rings.